The van der Waals surface area contributed by atoms with Crippen LogP contribution < -0.4 is 0 Å². The predicted molar refractivity (Wildman–Crippen MR) is 57.0 cm³/mol. The Labute approximate surface area is 99.4 Å². The monoisotopic (exact) mass is 294 g/mol. The van der Waals surface area contributed by atoms with E-state index >= 15 is 0 Å². The Hall–Kier alpha value is -0.550. The third-order valence-corrected chi connectivity index (χ3v) is 3.22. The van der Waals surface area contributed by atoms with Gasteiger partial charge in [0, 0.05) is 10.9 Å². The minimum Gasteiger partial charge on any atom is -0.390 e. The molecular weight excluding hydrogens is 285 g/mol. The van der Waals surface area contributed by atoms with Crippen molar-refractivity contribution in [3.8, 4) is 0 Å². The van der Waals surface area contributed by atoms with Crippen LogP contribution in [0.5, 0.6) is 0 Å². The summed E-state index contributed by atoms with van der Waals surface area (Å²) >= 11 is 3.02. The predicted octanol–water partition coefficient (Wildman–Crippen LogP) is 3.54. The second-order valence-corrected chi connectivity index (χ2v) is 5.12. The highest BCUT2D eigenvalue weighted by Gasteiger charge is 2.43. The molecule has 1 aliphatic rings. The van der Waals surface area contributed by atoms with E-state index in [4.69, 9.17) is 0 Å². The van der Waals surface area contributed by atoms with Gasteiger partial charge in [-0.2, -0.15) is 13.2 Å². The van der Waals surface area contributed by atoms with Crippen molar-refractivity contribution in [3.05, 3.63) is 33.8 Å². The van der Waals surface area contributed by atoms with E-state index in [-0.39, 0.29) is 12.0 Å². The second-order valence-electron chi connectivity index (χ2n) is 4.20. The quantitative estimate of drug-likeness (QED) is 0.885. The van der Waals surface area contributed by atoms with Gasteiger partial charge in [0.1, 0.15) is 0 Å². The maximum atomic E-state index is 12.7. The number of aliphatic hydroxyl groups is 1. The molecule has 1 nitrogen and oxygen atoms in total. The Bertz CT molecular complexity index is 410. The number of benzene rings is 1. The molecule has 2 rings (SSSR count). The van der Waals surface area contributed by atoms with Gasteiger partial charge >= 0.3 is 6.18 Å². The topological polar surface area (TPSA) is 20.2 Å². The number of hydrogen-bond acceptors (Lipinski definition) is 1. The molecule has 0 aliphatic heterocycles. The van der Waals surface area contributed by atoms with Gasteiger partial charge in [-0.1, -0.05) is 22.0 Å². The van der Waals surface area contributed by atoms with Gasteiger partial charge in [-0.3, -0.25) is 0 Å². The van der Waals surface area contributed by atoms with Crippen LogP contribution in [0.1, 0.15) is 24.0 Å². The molecule has 1 N–H and O–H groups in total. The fourth-order valence-corrected chi connectivity index (χ4v) is 2.00. The molecule has 0 heterocycles. The molecule has 1 aromatic rings. The summed E-state index contributed by atoms with van der Waals surface area (Å²) in [5.74, 6) is 0. The lowest BCUT2D eigenvalue weighted by Crippen LogP contribution is -2.16. The summed E-state index contributed by atoms with van der Waals surface area (Å²) in [4.78, 5) is 0. The molecule has 0 radical (unpaired) electrons. The van der Waals surface area contributed by atoms with E-state index in [9.17, 15) is 18.3 Å². The van der Waals surface area contributed by atoms with Crippen molar-refractivity contribution >= 4 is 15.9 Å². The van der Waals surface area contributed by atoms with Crippen molar-refractivity contribution in [2.24, 2.45) is 0 Å². The lowest BCUT2D eigenvalue weighted by Gasteiger charge is -2.15. The molecule has 1 fully saturated rings. The summed E-state index contributed by atoms with van der Waals surface area (Å²) in [6, 6.07) is 4.04. The van der Waals surface area contributed by atoms with Crippen LogP contribution >= 0.6 is 15.9 Å². The third-order valence-electron chi connectivity index (χ3n) is 2.72. The number of alkyl halides is 3. The van der Waals surface area contributed by atoms with Crippen LogP contribution in [0.25, 0.3) is 0 Å². The minimum atomic E-state index is -4.37. The van der Waals surface area contributed by atoms with E-state index in [0.717, 1.165) is 6.07 Å². The van der Waals surface area contributed by atoms with E-state index in [1.807, 2.05) is 0 Å². The number of halogens is 4. The minimum absolute atomic E-state index is 0.0785. The SMILES string of the molecule is OC1(Cc2ccc(Br)cc2C(F)(F)F)CC1. The summed E-state index contributed by atoms with van der Waals surface area (Å²) in [7, 11) is 0. The highest BCUT2D eigenvalue weighted by molar-refractivity contribution is 9.10. The number of hydrogen-bond donors (Lipinski definition) is 1. The first-order chi connectivity index (χ1) is 7.30. The van der Waals surface area contributed by atoms with E-state index in [1.54, 1.807) is 6.07 Å². The van der Waals surface area contributed by atoms with Crippen molar-refractivity contribution in [1.29, 1.82) is 0 Å². The molecule has 1 aromatic carbocycles. The van der Waals surface area contributed by atoms with Crippen LogP contribution in [0.3, 0.4) is 0 Å². The van der Waals surface area contributed by atoms with Crippen LogP contribution in [0.15, 0.2) is 22.7 Å². The van der Waals surface area contributed by atoms with Crippen LogP contribution in [-0.2, 0) is 12.6 Å². The lowest BCUT2D eigenvalue weighted by atomic mass is 10.00. The van der Waals surface area contributed by atoms with Crippen LogP contribution in [0.2, 0.25) is 0 Å². The van der Waals surface area contributed by atoms with Crippen molar-refractivity contribution in [3.63, 3.8) is 0 Å². The van der Waals surface area contributed by atoms with Gasteiger partial charge in [0.25, 0.3) is 0 Å². The van der Waals surface area contributed by atoms with Crippen molar-refractivity contribution in [2.45, 2.75) is 31.0 Å². The number of rotatable bonds is 2. The molecule has 0 atom stereocenters. The molecule has 0 amide bonds. The molecule has 0 saturated heterocycles. The third kappa shape index (κ3) is 2.58. The molecule has 0 spiro atoms. The van der Waals surface area contributed by atoms with Crippen molar-refractivity contribution in [2.75, 3.05) is 0 Å². The Morgan fingerprint density at radius 3 is 2.44 bits per heavy atom. The smallest absolute Gasteiger partial charge is 0.390 e. The molecule has 0 bridgehead atoms. The Kier molecular flexibility index (Phi) is 2.78. The van der Waals surface area contributed by atoms with E-state index in [1.165, 1.54) is 6.07 Å². The molecule has 0 aromatic heterocycles. The molecule has 16 heavy (non-hydrogen) atoms. The Morgan fingerprint density at radius 1 is 1.31 bits per heavy atom. The van der Waals surface area contributed by atoms with Gasteiger partial charge < -0.3 is 5.11 Å². The maximum Gasteiger partial charge on any atom is 0.416 e. The highest BCUT2D eigenvalue weighted by Crippen LogP contribution is 2.42. The molecule has 1 saturated carbocycles. The van der Waals surface area contributed by atoms with Gasteiger partial charge in [0.15, 0.2) is 0 Å². The molecule has 5 heteroatoms. The first kappa shape index (κ1) is 11.9. The van der Waals surface area contributed by atoms with Gasteiger partial charge in [-0.25, -0.2) is 0 Å². The van der Waals surface area contributed by atoms with Crippen LogP contribution in [0, 0.1) is 0 Å². The van der Waals surface area contributed by atoms with Crippen LogP contribution in [-0.4, -0.2) is 10.7 Å². The molecule has 88 valence electrons. The second kappa shape index (κ2) is 3.74. The Morgan fingerprint density at radius 2 is 1.94 bits per heavy atom. The normalized spacial score (nSPS) is 18.6. The van der Waals surface area contributed by atoms with Gasteiger partial charge in [0.05, 0.1) is 11.2 Å². The van der Waals surface area contributed by atoms with Gasteiger partial charge in [-0.15, -0.1) is 0 Å². The first-order valence-corrected chi connectivity index (χ1v) is 5.67. The molecule has 0 unspecified atom stereocenters. The van der Waals surface area contributed by atoms with Gasteiger partial charge in [0.2, 0.25) is 0 Å². The summed E-state index contributed by atoms with van der Waals surface area (Å²) in [6.45, 7) is 0. The summed E-state index contributed by atoms with van der Waals surface area (Å²) in [5, 5.41) is 9.66. The van der Waals surface area contributed by atoms with E-state index < -0.39 is 17.3 Å². The zero-order valence-corrected chi connectivity index (χ0v) is 9.90. The fourth-order valence-electron chi connectivity index (χ4n) is 1.64. The largest absolute Gasteiger partial charge is 0.416 e. The zero-order chi connectivity index (χ0) is 12.0. The average molecular weight is 295 g/mol. The van der Waals surface area contributed by atoms with Crippen LogP contribution in [0.4, 0.5) is 13.2 Å². The van der Waals surface area contributed by atoms with E-state index in [2.05, 4.69) is 15.9 Å². The van der Waals surface area contributed by atoms with Crippen molar-refractivity contribution < 1.29 is 18.3 Å². The fraction of sp³-hybridized carbons (Fsp3) is 0.455. The lowest BCUT2D eigenvalue weighted by molar-refractivity contribution is -0.138. The first-order valence-electron chi connectivity index (χ1n) is 4.88. The summed E-state index contributed by atoms with van der Waals surface area (Å²) < 4.78 is 38.6. The van der Waals surface area contributed by atoms with E-state index in [0.29, 0.717) is 17.3 Å². The van der Waals surface area contributed by atoms with Crippen molar-refractivity contribution in [1.82, 2.24) is 0 Å². The van der Waals surface area contributed by atoms with Gasteiger partial charge in [-0.05, 0) is 30.5 Å². The maximum absolute atomic E-state index is 12.7. The molecule has 1 aliphatic carbocycles. The average Bonchev–Trinajstić information content (AvgIpc) is 2.85. The summed E-state index contributed by atoms with van der Waals surface area (Å²) in [5.41, 5.74) is -1.41. The summed E-state index contributed by atoms with van der Waals surface area (Å²) in [6.07, 6.45) is -3.12. The molecular formula is C11H10BrF3O. The Balaban J connectivity index is 2.36. The highest BCUT2D eigenvalue weighted by atomic mass is 79.9. The standard InChI is InChI=1S/C11H10BrF3O/c12-8-2-1-7(6-10(16)3-4-10)9(5-8)11(13,14)15/h1-2,5,16H,3-4,6H2. The zero-order valence-electron chi connectivity index (χ0n) is 8.31.